The van der Waals surface area contributed by atoms with Gasteiger partial charge in [-0.3, -0.25) is 9.59 Å². The molecule has 2 amide bonds. The summed E-state index contributed by atoms with van der Waals surface area (Å²) in [5.41, 5.74) is 11.3. The van der Waals surface area contributed by atoms with E-state index in [1.165, 1.54) is 0 Å². The van der Waals surface area contributed by atoms with E-state index >= 15 is 0 Å². The van der Waals surface area contributed by atoms with Gasteiger partial charge in [0.15, 0.2) is 0 Å². The van der Waals surface area contributed by atoms with Crippen LogP contribution in [0, 0.1) is 17.8 Å². The molecule has 1 aliphatic rings. The predicted molar refractivity (Wildman–Crippen MR) is 75.1 cm³/mol. The summed E-state index contributed by atoms with van der Waals surface area (Å²) in [5.74, 6) is -0.00146. The molecule has 0 aliphatic heterocycles. The lowest BCUT2D eigenvalue weighted by Crippen LogP contribution is -2.49. The Balaban J connectivity index is 2.76. The Labute approximate surface area is 115 Å². The second kappa shape index (κ2) is 6.89. The van der Waals surface area contributed by atoms with Crippen molar-refractivity contribution in [1.29, 1.82) is 0 Å². The second-order valence-corrected chi connectivity index (χ2v) is 6.14. The molecule has 1 aliphatic carbocycles. The Kier molecular flexibility index (Phi) is 5.79. The number of amides is 2. The van der Waals surface area contributed by atoms with E-state index in [0.717, 1.165) is 19.3 Å². The number of nitrogens with two attached hydrogens (primary N) is 2. The number of hydrogen-bond acceptors (Lipinski definition) is 3. The molecule has 1 fully saturated rings. The Morgan fingerprint density at radius 3 is 2.47 bits per heavy atom. The van der Waals surface area contributed by atoms with Gasteiger partial charge in [0.2, 0.25) is 11.8 Å². The van der Waals surface area contributed by atoms with Crippen LogP contribution in [0.4, 0.5) is 0 Å². The van der Waals surface area contributed by atoms with Gasteiger partial charge in [-0.1, -0.05) is 27.2 Å². The van der Waals surface area contributed by atoms with Crippen LogP contribution >= 0.6 is 0 Å². The Morgan fingerprint density at radius 1 is 1.32 bits per heavy atom. The second-order valence-electron chi connectivity index (χ2n) is 6.14. The minimum atomic E-state index is -0.457. The van der Waals surface area contributed by atoms with Crippen molar-refractivity contribution < 1.29 is 9.59 Å². The summed E-state index contributed by atoms with van der Waals surface area (Å²) in [6.45, 7) is 6.66. The monoisotopic (exact) mass is 269 g/mol. The fourth-order valence-electron chi connectivity index (χ4n) is 2.84. The third-order valence-electron chi connectivity index (χ3n) is 3.92. The van der Waals surface area contributed by atoms with E-state index in [2.05, 4.69) is 0 Å². The average molecular weight is 269 g/mol. The smallest absolute Gasteiger partial charge is 0.237 e. The highest BCUT2D eigenvalue weighted by Gasteiger charge is 2.35. The summed E-state index contributed by atoms with van der Waals surface area (Å²) in [7, 11) is 0. The lowest BCUT2D eigenvalue weighted by atomic mass is 9.76. The molecular formula is C14H27N3O2. The molecule has 0 aromatic rings. The molecule has 3 atom stereocenters. The highest BCUT2D eigenvalue weighted by atomic mass is 16.2. The van der Waals surface area contributed by atoms with Gasteiger partial charge in [-0.15, -0.1) is 0 Å². The first-order chi connectivity index (χ1) is 8.82. The van der Waals surface area contributed by atoms with Crippen LogP contribution in [-0.2, 0) is 9.59 Å². The Bertz CT molecular complexity index is 331. The first-order valence-corrected chi connectivity index (χ1v) is 7.15. The lowest BCUT2D eigenvalue weighted by Gasteiger charge is -2.36. The number of nitrogens with zero attached hydrogens (tertiary/aromatic N) is 1. The van der Waals surface area contributed by atoms with Crippen molar-refractivity contribution in [2.45, 2.75) is 46.1 Å². The first-order valence-electron chi connectivity index (χ1n) is 7.15. The summed E-state index contributed by atoms with van der Waals surface area (Å²) in [6.07, 6.45) is 2.82. The van der Waals surface area contributed by atoms with Gasteiger partial charge in [0.25, 0.3) is 0 Å². The number of rotatable bonds is 5. The summed E-state index contributed by atoms with van der Waals surface area (Å²) < 4.78 is 0. The van der Waals surface area contributed by atoms with E-state index < -0.39 is 5.91 Å². The molecule has 3 unspecified atom stereocenters. The lowest BCUT2D eigenvalue weighted by molar-refractivity contribution is -0.142. The standard InChI is InChI=1S/C14H27N3O2/c1-9(2)7-17(8-13(16)18)14(19)11-5-4-6-12(15)10(11)3/h9-12H,4-8,15H2,1-3H3,(H2,16,18). The molecule has 19 heavy (non-hydrogen) atoms. The molecule has 0 bridgehead atoms. The fourth-order valence-corrected chi connectivity index (χ4v) is 2.84. The minimum absolute atomic E-state index is 0.00940. The van der Waals surface area contributed by atoms with Crippen molar-refractivity contribution in [3.05, 3.63) is 0 Å². The van der Waals surface area contributed by atoms with Crippen LogP contribution in [0.15, 0.2) is 0 Å². The van der Waals surface area contributed by atoms with Gasteiger partial charge in [0.1, 0.15) is 0 Å². The third kappa shape index (κ3) is 4.49. The van der Waals surface area contributed by atoms with E-state index in [0.29, 0.717) is 12.5 Å². The van der Waals surface area contributed by atoms with Crippen molar-refractivity contribution >= 4 is 11.8 Å². The van der Waals surface area contributed by atoms with Crippen LogP contribution in [0.25, 0.3) is 0 Å². The van der Waals surface area contributed by atoms with Gasteiger partial charge < -0.3 is 16.4 Å². The van der Waals surface area contributed by atoms with Gasteiger partial charge in [-0.25, -0.2) is 0 Å². The molecule has 0 aromatic heterocycles. The van der Waals surface area contributed by atoms with Crippen LogP contribution in [0.2, 0.25) is 0 Å². The summed E-state index contributed by atoms with van der Waals surface area (Å²) in [5, 5.41) is 0. The van der Waals surface area contributed by atoms with Gasteiger partial charge in [0.05, 0.1) is 6.54 Å². The molecule has 0 aromatic carbocycles. The summed E-state index contributed by atoms with van der Waals surface area (Å²) in [6, 6.07) is 0.0807. The van der Waals surface area contributed by atoms with Crippen molar-refractivity contribution in [2.24, 2.45) is 29.2 Å². The number of carbonyl (C=O) groups excluding carboxylic acids is 2. The first kappa shape index (κ1) is 16.0. The zero-order valence-electron chi connectivity index (χ0n) is 12.3. The van der Waals surface area contributed by atoms with Crippen molar-refractivity contribution in [1.82, 2.24) is 4.90 Å². The van der Waals surface area contributed by atoms with E-state index in [1.807, 2.05) is 20.8 Å². The maximum atomic E-state index is 12.6. The molecule has 0 saturated heterocycles. The zero-order chi connectivity index (χ0) is 14.6. The molecule has 5 nitrogen and oxygen atoms in total. The normalized spacial score (nSPS) is 27.3. The van der Waals surface area contributed by atoms with Crippen LogP contribution < -0.4 is 11.5 Å². The molecule has 1 saturated carbocycles. The fraction of sp³-hybridized carbons (Fsp3) is 0.857. The molecule has 0 spiro atoms. The highest BCUT2D eigenvalue weighted by Crippen LogP contribution is 2.30. The van der Waals surface area contributed by atoms with E-state index in [9.17, 15) is 9.59 Å². The van der Waals surface area contributed by atoms with Crippen LogP contribution in [0.5, 0.6) is 0 Å². The Morgan fingerprint density at radius 2 is 1.95 bits per heavy atom. The number of primary amides is 1. The van der Waals surface area contributed by atoms with E-state index in [1.54, 1.807) is 4.90 Å². The summed E-state index contributed by atoms with van der Waals surface area (Å²) in [4.78, 5) is 25.3. The van der Waals surface area contributed by atoms with Crippen LogP contribution in [0.3, 0.4) is 0 Å². The molecule has 4 N–H and O–H groups in total. The number of hydrogen-bond donors (Lipinski definition) is 2. The van der Waals surface area contributed by atoms with Crippen LogP contribution in [0.1, 0.15) is 40.0 Å². The molecule has 110 valence electrons. The third-order valence-corrected chi connectivity index (χ3v) is 3.92. The van der Waals surface area contributed by atoms with Crippen molar-refractivity contribution in [2.75, 3.05) is 13.1 Å². The SMILES string of the molecule is CC(C)CN(CC(N)=O)C(=O)C1CCCC(N)C1C. The molecule has 1 rings (SSSR count). The van der Waals surface area contributed by atoms with Gasteiger partial charge >= 0.3 is 0 Å². The molecular weight excluding hydrogens is 242 g/mol. The van der Waals surface area contributed by atoms with E-state index in [4.69, 9.17) is 11.5 Å². The molecule has 0 heterocycles. The molecule has 0 radical (unpaired) electrons. The van der Waals surface area contributed by atoms with Gasteiger partial charge in [-0.05, 0) is 24.7 Å². The highest BCUT2D eigenvalue weighted by molar-refractivity contribution is 5.85. The minimum Gasteiger partial charge on any atom is -0.368 e. The average Bonchev–Trinajstić information content (AvgIpc) is 2.30. The maximum absolute atomic E-state index is 12.6. The predicted octanol–water partition coefficient (Wildman–Crippen LogP) is 0.720. The molecule has 5 heteroatoms. The topological polar surface area (TPSA) is 89.4 Å². The van der Waals surface area contributed by atoms with Gasteiger partial charge in [0, 0.05) is 18.5 Å². The van der Waals surface area contributed by atoms with Crippen molar-refractivity contribution in [3.63, 3.8) is 0 Å². The van der Waals surface area contributed by atoms with E-state index in [-0.39, 0.29) is 30.3 Å². The Hall–Kier alpha value is -1.10. The largest absolute Gasteiger partial charge is 0.368 e. The quantitative estimate of drug-likeness (QED) is 0.770. The van der Waals surface area contributed by atoms with Crippen molar-refractivity contribution in [3.8, 4) is 0 Å². The van der Waals surface area contributed by atoms with Gasteiger partial charge in [-0.2, -0.15) is 0 Å². The summed E-state index contributed by atoms with van der Waals surface area (Å²) >= 11 is 0. The number of carbonyl (C=O) groups is 2. The zero-order valence-corrected chi connectivity index (χ0v) is 12.3. The van der Waals surface area contributed by atoms with Crippen LogP contribution in [-0.4, -0.2) is 35.8 Å². The maximum Gasteiger partial charge on any atom is 0.237 e.